The maximum Gasteiger partial charge on any atom is 0.354 e. The van der Waals surface area contributed by atoms with E-state index in [1.165, 1.54) is 23.1 Å². The predicted octanol–water partition coefficient (Wildman–Crippen LogP) is -0.0912. The van der Waals surface area contributed by atoms with Crippen LogP contribution in [0, 0.1) is 0 Å². The Kier molecular flexibility index (Phi) is 5.50. The number of nitrogens with one attached hydrogen (secondary N) is 1. The smallest absolute Gasteiger partial charge is 0.354 e. The molecule has 0 radical (unpaired) electrons. The van der Waals surface area contributed by atoms with Gasteiger partial charge in [0.25, 0.3) is 5.91 Å². The maximum atomic E-state index is 12.9. The fourth-order valence-corrected chi connectivity index (χ4v) is 2.82. The van der Waals surface area contributed by atoms with E-state index < -0.39 is 11.9 Å². The Hall–Kier alpha value is -3.21. The van der Waals surface area contributed by atoms with Crippen LogP contribution in [0.5, 0.6) is 0 Å². The molecule has 0 bridgehead atoms. The number of carboxylic acid groups (broad SMARTS) is 1. The van der Waals surface area contributed by atoms with Gasteiger partial charge in [-0.25, -0.2) is 9.48 Å². The van der Waals surface area contributed by atoms with Crippen LogP contribution in [0.15, 0.2) is 18.5 Å². The second-order valence-corrected chi connectivity index (χ2v) is 5.85. The summed E-state index contributed by atoms with van der Waals surface area (Å²) in [7, 11) is 0. The van der Waals surface area contributed by atoms with Crippen LogP contribution in [0.25, 0.3) is 0 Å². The van der Waals surface area contributed by atoms with Crippen molar-refractivity contribution in [3.05, 3.63) is 29.8 Å². The minimum absolute atomic E-state index is 0.0981. The molecule has 2 amide bonds. The zero-order chi connectivity index (χ0) is 19.4. The molecule has 11 nitrogen and oxygen atoms in total. The molecule has 1 saturated heterocycles. The summed E-state index contributed by atoms with van der Waals surface area (Å²) >= 11 is 0. The van der Waals surface area contributed by atoms with E-state index in [-0.39, 0.29) is 29.5 Å². The molecule has 0 aromatic carbocycles. The summed E-state index contributed by atoms with van der Waals surface area (Å²) in [6.07, 6.45) is 2.72. The normalized spacial score (nSPS) is 14.2. The number of carbonyl (C=O) groups excluding carboxylic acids is 2. The molecule has 0 atom stereocenters. The van der Waals surface area contributed by atoms with Crippen molar-refractivity contribution in [1.29, 1.82) is 0 Å². The van der Waals surface area contributed by atoms with Crippen molar-refractivity contribution in [3.8, 4) is 0 Å². The van der Waals surface area contributed by atoms with Gasteiger partial charge in [0, 0.05) is 25.8 Å². The number of morpholine rings is 1. The third kappa shape index (κ3) is 3.97. The highest BCUT2D eigenvalue weighted by Gasteiger charge is 2.26. The number of amides is 2. The van der Waals surface area contributed by atoms with E-state index in [1.807, 2.05) is 6.92 Å². The van der Waals surface area contributed by atoms with Crippen molar-refractivity contribution in [2.45, 2.75) is 20.0 Å². The van der Waals surface area contributed by atoms with Gasteiger partial charge in [0.05, 0.1) is 25.1 Å². The Labute approximate surface area is 154 Å². The SMILES string of the molecule is CCn1ncc(NC(=O)Cn2nccc2C(=O)O)c1C(=O)N1CCOCC1. The van der Waals surface area contributed by atoms with E-state index in [1.54, 1.807) is 4.90 Å². The van der Waals surface area contributed by atoms with Crippen LogP contribution in [0.2, 0.25) is 0 Å². The number of rotatable bonds is 6. The molecule has 3 heterocycles. The molecule has 0 aliphatic carbocycles. The van der Waals surface area contributed by atoms with Crippen molar-refractivity contribution in [3.63, 3.8) is 0 Å². The van der Waals surface area contributed by atoms with Crippen LogP contribution in [0.4, 0.5) is 5.69 Å². The molecule has 11 heteroatoms. The average Bonchev–Trinajstić information content (AvgIpc) is 3.28. The summed E-state index contributed by atoms with van der Waals surface area (Å²) in [5, 5.41) is 19.7. The van der Waals surface area contributed by atoms with Crippen LogP contribution in [-0.2, 0) is 22.6 Å². The standard InChI is InChI=1S/C16H20N6O5/c1-2-21-14(15(24)20-5-7-27-8-6-20)11(9-18-21)19-13(23)10-22-12(16(25)26)3-4-17-22/h3-4,9H,2,5-8,10H2,1H3,(H,19,23)(H,25,26). The molecule has 1 fully saturated rings. The van der Waals surface area contributed by atoms with Gasteiger partial charge in [-0.2, -0.15) is 10.2 Å². The zero-order valence-corrected chi connectivity index (χ0v) is 14.8. The molecule has 2 aromatic rings. The van der Waals surface area contributed by atoms with Gasteiger partial charge in [-0.15, -0.1) is 0 Å². The molecular weight excluding hydrogens is 356 g/mol. The van der Waals surface area contributed by atoms with Gasteiger partial charge in [0.2, 0.25) is 5.91 Å². The largest absolute Gasteiger partial charge is 0.477 e. The second kappa shape index (κ2) is 7.99. The first kappa shape index (κ1) is 18.6. The first-order valence-electron chi connectivity index (χ1n) is 8.49. The highest BCUT2D eigenvalue weighted by atomic mass is 16.5. The number of nitrogens with zero attached hydrogens (tertiary/aromatic N) is 5. The van der Waals surface area contributed by atoms with Crippen molar-refractivity contribution in [2.75, 3.05) is 31.6 Å². The minimum atomic E-state index is -1.18. The first-order valence-corrected chi connectivity index (χ1v) is 8.49. The summed E-state index contributed by atoms with van der Waals surface area (Å²) in [5.74, 6) is -1.92. The summed E-state index contributed by atoms with van der Waals surface area (Å²) in [6.45, 7) is 3.88. The number of anilines is 1. The molecular formula is C16H20N6O5. The monoisotopic (exact) mass is 376 g/mol. The van der Waals surface area contributed by atoms with Gasteiger partial charge in [0.15, 0.2) is 0 Å². The molecule has 2 N–H and O–H groups in total. The molecule has 27 heavy (non-hydrogen) atoms. The highest BCUT2D eigenvalue weighted by Crippen LogP contribution is 2.18. The Morgan fingerprint density at radius 2 is 1.96 bits per heavy atom. The number of hydrogen-bond donors (Lipinski definition) is 2. The molecule has 144 valence electrons. The topological polar surface area (TPSA) is 132 Å². The lowest BCUT2D eigenvalue weighted by Crippen LogP contribution is -2.41. The van der Waals surface area contributed by atoms with Gasteiger partial charge in [0.1, 0.15) is 17.9 Å². The van der Waals surface area contributed by atoms with E-state index in [0.29, 0.717) is 32.8 Å². The van der Waals surface area contributed by atoms with E-state index in [9.17, 15) is 14.4 Å². The van der Waals surface area contributed by atoms with Gasteiger partial charge in [-0.1, -0.05) is 0 Å². The molecule has 0 saturated carbocycles. The minimum Gasteiger partial charge on any atom is -0.477 e. The van der Waals surface area contributed by atoms with E-state index in [2.05, 4.69) is 15.5 Å². The maximum absolute atomic E-state index is 12.9. The van der Waals surface area contributed by atoms with Gasteiger partial charge >= 0.3 is 5.97 Å². The van der Waals surface area contributed by atoms with Crippen LogP contribution >= 0.6 is 0 Å². The number of aromatic carboxylic acids is 1. The predicted molar refractivity (Wildman–Crippen MR) is 92.4 cm³/mol. The fourth-order valence-electron chi connectivity index (χ4n) is 2.82. The number of carbonyl (C=O) groups is 3. The van der Waals surface area contributed by atoms with E-state index >= 15 is 0 Å². The van der Waals surface area contributed by atoms with Crippen molar-refractivity contribution in [1.82, 2.24) is 24.5 Å². The number of aromatic nitrogens is 4. The summed E-state index contributed by atoms with van der Waals surface area (Å²) < 4.78 is 7.86. The molecule has 0 unspecified atom stereocenters. The third-order valence-electron chi connectivity index (χ3n) is 4.14. The number of hydrogen-bond acceptors (Lipinski definition) is 6. The highest BCUT2D eigenvalue weighted by molar-refractivity contribution is 6.02. The summed E-state index contributed by atoms with van der Waals surface area (Å²) in [6, 6.07) is 1.30. The third-order valence-corrected chi connectivity index (χ3v) is 4.14. The van der Waals surface area contributed by atoms with Crippen LogP contribution in [-0.4, -0.2) is 73.7 Å². The Morgan fingerprint density at radius 1 is 1.22 bits per heavy atom. The lowest BCUT2D eigenvalue weighted by molar-refractivity contribution is -0.116. The van der Waals surface area contributed by atoms with Crippen LogP contribution in [0.3, 0.4) is 0 Å². The quantitative estimate of drug-likeness (QED) is 0.720. The number of ether oxygens (including phenoxy) is 1. The second-order valence-electron chi connectivity index (χ2n) is 5.85. The summed E-state index contributed by atoms with van der Waals surface area (Å²) in [4.78, 5) is 38.0. The lowest BCUT2D eigenvalue weighted by atomic mass is 10.2. The number of carboxylic acids is 1. The van der Waals surface area contributed by atoms with Crippen LogP contribution in [0.1, 0.15) is 27.9 Å². The molecule has 3 rings (SSSR count). The van der Waals surface area contributed by atoms with E-state index in [4.69, 9.17) is 9.84 Å². The van der Waals surface area contributed by atoms with E-state index in [0.717, 1.165) is 4.68 Å². The van der Waals surface area contributed by atoms with Gasteiger partial charge < -0.3 is 20.1 Å². The van der Waals surface area contributed by atoms with Crippen LogP contribution < -0.4 is 5.32 Å². The average molecular weight is 376 g/mol. The Balaban J connectivity index is 1.77. The molecule has 1 aliphatic rings. The van der Waals surface area contributed by atoms with Crippen molar-refractivity contribution in [2.24, 2.45) is 0 Å². The number of aryl methyl sites for hydroxylation is 1. The Morgan fingerprint density at radius 3 is 2.63 bits per heavy atom. The van der Waals surface area contributed by atoms with Crippen molar-refractivity contribution < 1.29 is 24.2 Å². The van der Waals surface area contributed by atoms with Gasteiger partial charge in [-0.3, -0.25) is 14.3 Å². The lowest BCUT2D eigenvalue weighted by Gasteiger charge is -2.27. The molecule has 0 spiro atoms. The zero-order valence-electron chi connectivity index (χ0n) is 14.8. The van der Waals surface area contributed by atoms with Crippen molar-refractivity contribution >= 4 is 23.5 Å². The summed E-state index contributed by atoms with van der Waals surface area (Å²) in [5.41, 5.74) is 0.466. The fraction of sp³-hybridized carbons (Fsp3) is 0.438. The molecule has 1 aliphatic heterocycles. The van der Waals surface area contributed by atoms with Gasteiger partial charge in [-0.05, 0) is 13.0 Å². The first-order chi connectivity index (χ1) is 13.0. The Bertz CT molecular complexity index is 851. The molecule has 2 aromatic heterocycles.